The van der Waals surface area contributed by atoms with Crippen LogP contribution in [0.5, 0.6) is 5.75 Å². The van der Waals surface area contributed by atoms with E-state index in [9.17, 15) is 4.79 Å². The Bertz CT molecular complexity index is 522. The number of ketones is 1. The van der Waals surface area contributed by atoms with Gasteiger partial charge in [0.2, 0.25) is 0 Å². The second-order valence-corrected chi connectivity index (χ2v) is 6.82. The van der Waals surface area contributed by atoms with Crippen LogP contribution in [0.4, 0.5) is 0 Å². The van der Waals surface area contributed by atoms with E-state index in [0.717, 1.165) is 37.4 Å². The number of fused-ring (bicyclic) bond motifs is 1. The molecule has 0 N–H and O–H groups in total. The summed E-state index contributed by atoms with van der Waals surface area (Å²) in [5.41, 5.74) is 2.34. The first-order valence-electron chi connectivity index (χ1n) is 7.55. The lowest BCUT2D eigenvalue weighted by Crippen LogP contribution is -2.42. The molecule has 2 aliphatic rings. The van der Waals surface area contributed by atoms with Gasteiger partial charge in [-0.3, -0.25) is 9.69 Å². The van der Waals surface area contributed by atoms with Gasteiger partial charge in [-0.05, 0) is 48.6 Å². The van der Waals surface area contributed by atoms with E-state index in [2.05, 4.69) is 18.7 Å². The predicted octanol–water partition coefficient (Wildman–Crippen LogP) is 2.93. The smallest absolute Gasteiger partial charge is 0.176 e. The average Bonchev–Trinajstić information content (AvgIpc) is 2.84. The largest absolute Gasteiger partial charge is 0.493 e. The van der Waals surface area contributed by atoms with Crippen molar-refractivity contribution < 1.29 is 9.53 Å². The third-order valence-electron chi connectivity index (χ3n) is 4.36. The Morgan fingerprint density at radius 2 is 2.25 bits per heavy atom. The fourth-order valence-electron chi connectivity index (χ4n) is 3.33. The lowest BCUT2D eigenvalue weighted by molar-refractivity contribution is 0.0810. The van der Waals surface area contributed by atoms with Gasteiger partial charge in [0.25, 0.3) is 0 Å². The highest BCUT2D eigenvalue weighted by atomic mass is 16.5. The highest BCUT2D eigenvalue weighted by molar-refractivity contribution is 5.98. The summed E-state index contributed by atoms with van der Waals surface area (Å²) in [4.78, 5) is 14.7. The molecule has 0 aliphatic carbocycles. The number of benzene rings is 1. The van der Waals surface area contributed by atoms with Crippen molar-refractivity contribution in [2.75, 3.05) is 26.2 Å². The van der Waals surface area contributed by atoms with Crippen molar-refractivity contribution in [2.24, 2.45) is 5.41 Å². The van der Waals surface area contributed by atoms with Crippen LogP contribution in [0.2, 0.25) is 0 Å². The third kappa shape index (κ3) is 2.88. The van der Waals surface area contributed by atoms with E-state index >= 15 is 0 Å². The van der Waals surface area contributed by atoms with Crippen LogP contribution in [0.25, 0.3) is 0 Å². The van der Waals surface area contributed by atoms with E-state index in [1.807, 2.05) is 18.2 Å². The summed E-state index contributed by atoms with van der Waals surface area (Å²) in [6.07, 6.45) is 3.37. The molecule has 1 fully saturated rings. The number of hydrogen-bond donors (Lipinski definition) is 0. The highest BCUT2D eigenvalue weighted by Crippen LogP contribution is 2.29. The Balaban J connectivity index is 1.67. The lowest BCUT2D eigenvalue weighted by atomic mass is 9.84. The molecule has 1 aromatic carbocycles. The van der Waals surface area contributed by atoms with E-state index in [1.54, 1.807) is 0 Å². The van der Waals surface area contributed by atoms with E-state index < -0.39 is 0 Å². The zero-order chi connectivity index (χ0) is 14.2. The molecule has 108 valence electrons. The average molecular weight is 273 g/mol. The molecule has 20 heavy (non-hydrogen) atoms. The molecule has 0 radical (unpaired) electrons. The first-order chi connectivity index (χ1) is 9.53. The summed E-state index contributed by atoms with van der Waals surface area (Å²) in [6, 6.07) is 5.86. The minimum absolute atomic E-state index is 0.234. The Morgan fingerprint density at radius 3 is 3.05 bits per heavy atom. The number of nitrogens with zero attached hydrogens (tertiary/aromatic N) is 1. The van der Waals surface area contributed by atoms with Crippen molar-refractivity contribution in [3.8, 4) is 5.75 Å². The quantitative estimate of drug-likeness (QED) is 0.793. The number of ether oxygens (including phenoxy) is 1. The topological polar surface area (TPSA) is 29.5 Å². The number of Topliss-reactive ketones (excluding diaryl/α,β-unsaturated/α-hetero) is 1. The van der Waals surface area contributed by atoms with Gasteiger partial charge in [0.05, 0.1) is 13.2 Å². The standard InChI is InChI=1S/C17H23NO2/c1-17(2)7-3-8-18(12-17)11-15(19)13-4-5-16-14(10-13)6-9-20-16/h4-5,10H,3,6-9,11-12H2,1-2H3. The fourth-order valence-corrected chi connectivity index (χ4v) is 3.33. The van der Waals surface area contributed by atoms with Crippen LogP contribution in [-0.4, -0.2) is 36.9 Å². The van der Waals surface area contributed by atoms with Crippen molar-refractivity contribution >= 4 is 5.78 Å². The first-order valence-corrected chi connectivity index (χ1v) is 7.55. The predicted molar refractivity (Wildman–Crippen MR) is 79.4 cm³/mol. The van der Waals surface area contributed by atoms with E-state index in [-0.39, 0.29) is 5.78 Å². The number of carbonyl (C=O) groups is 1. The van der Waals surface area contributed by atoms with E-state index in [0.29, 0.717) is 12.0 Å². The normalized spacial score (nSPS) is 21.3. The zero-order valence-corrected chi connectivity index (χ0v) is 12.4. The molecule has 0 amide bonds. The fraction of sp³-hybridized carbons (Fsp3) is 0.588. The molecular weight excluding hydrogens is 250 g/mol. The van der Waals surface area contributed by atoms with Crippen LogP contribution >= 0.6 is 0 Å². The van der Waals surface area contributed by atoms with Gasteiger partial charge in [-0.25, -0.2) is 0 Å². The van der Waals surface area contributed by atoms with Gasteiger partial charge in [0.15, 0.2) is 5.78 Å². The molecule has 2 aliphatic heterocycles. The summed E-state index contributed by atoms with van der Waals surface area (Å²) >= 11 is 0. The minimum Gasteiger partial charge on any atom is -0.493 e. The monoisotopic (exact) mass is 273 g/mol. The number of rotatable bonds is 3. The Kier molecular flexibility index (Phi) is 3.55. The van der Waals surface area contributed by atoms with Crippen LogP contribution in [0.15, 0.2) is 18.2 Å². The molecule has 0 aromatic heterocycles. The van der Waals surface area contributed by atoms with Crippen molar-refractivity contribution in [1.29, 1.82) is 0 Å². The highest BCUT2D eigenvalue weighted by Gasteiger charge is 2.27. The Labute approximate surface area is 120 Å². The summed E-state index contributed by atoms with van der Waals surface area (Å²) in [5, 5.41) is 0. The minimum atomic E-state index is 0.234. The maximum absolute atomic E-state index is 12.4. The van der Waals surface area contributed by atoms with E-state index in [4.69, 9.17) is 4.74 Å². The molecule has 0 atom stereocenters. The SMILES string of the molecule is CC1(C)CCCN(CC(=O)c2ccc3c(c2)CCO3)C1. The van der Waals surface area contributed by atoms with Gasteiger partial charge in [0.1, 0.15) is 5.75 Å². The van der Waals surface area contributed by atoms with Crippen molar-refractivity contribution in [3.63, 3.8) is 0 Å². The van der Waals surface area contributed by atoms with Crippen LogP contribution in [0, 0.1) is 5.41 Å². The van der Waals surface area contributed by atoms with E-state index in [1.165, 1.54) is 18.4 Å². The maximum Gasteiger partial charge on any atom is 0.176 e. The molecule has 3 nitrogen and oxygen atoms in total. The van der Waals surface area contributed by atoms with Gasteiger partial charge in [-0.1, -0.05) is 13.8 Å². The molecule has 1 saturated heterocycles. The maximum atomic E-state index is 12.4. The number of likely N-dealkylation sites (tertiary alicyclic amines) is 1. The molecule has 0 bridgehead atoms. The molecule has 3 heteroatoms. The molecular formula is C17H23NO2. The summed E-state index contributed by atoms with van der Waals surface area (Å²) in [6.45, 7) is 7.93. The molecule has 2 heterocycles. The van der Waals surface area contributed by atoms with Crippen LogP contribution in [-0.2, 0) is 6.42 Å². The molecule has 0 saturated carbocycles. The Morgan fingerprint density at radius 1 is 1.40 bits per heavy atom. The van der Waals surface area contributed by atoms with Crippen molar-refractivity contribution in [2.45, 2.75) is 33.1 Å². The van der Waals surface area contributed by atoms with Crippen molar-refractivity contribution in [3.05, 3.63) is 29.3 Å². The Hall–Kier alpha value is -1.35. The van der Waals surface area contributed by atoms with Gasteiger partial charge in [0, 0.05) is 18.5 Å². The second-order valence-electron chi connectivity index (χ2n) is 6.82. The van der Waals surface area contributed by atoms with Crippen molar-refractivity contribution in [1.82, 2.24) is 4.90 Å². The molecule has 3 rings (SSSR count). The molecule has 0 unspecified atom stereocenters. The summed E-state index contributed by atoms with van der Waals surface area (Å²) < 4.78 is 5.49. The number of carbonyl (C=O) groups excluding carboxylic acids is 1. The summed E-state index contributed by atoms with van der Waals surface area (Å²) in [5.74, 6) is 1.18. The molecule has 1 aromatic rings. The van der Waals surface area contributed by atoms with Gasteiger partial charge >= 0.3 is 0 Å². The lowest BCUT2D eigenvalue weighted by Gasteiger charge is -2.37. The van der Waals surface area contributed by atoms with Gasteiger partial charge < -0.3 is 4.74 Å². The van der Waals surface area contributed by atoms with Gasteiger partial charge in [-0.2, -0.15) is 0 Å². The van der Waals surface area contributed by atoms with Crippen LogP contribution < -0.4 is 4.74 Å². The first kappa shape index (κ1) is 13.6. The molecule has 0 spiro atoms. The zero-order valence-electron chi connectivity index (χ0n) is 12.4. The van der Waals surface area contributed by atoms with Crippen LogP contribution in [0.1, 0.15) is 42.6 Å². The number of piperidine rings is 1. The van der Waals surface area contributed by atoms with Gasteiger partial charge in [-0.15, -0.1) is 0 Å². The summed E-state index contributed by atoms with van der Waals surface area (Å²) in [7, 11) is 0. The second kappa shape index (κ2) is 5.21. The van der Waals surface area contributed by atoms with Crippen LogP contribution in [0.3, 0.4) is 0 Å². The number of hydrogen-bond acceptors (Lipinski definition) is 3. The third-order valence-corrected chi connectivity index (χ3v) is 4.36.